The average Bonchev–Trinajstić information content (AvgIpc) is 3.08. The normalized spacial score (nSPS) is 11.9. The fourth-order valence-corrected chi connectivity index (χ4v) is 2.96. The van der Waals surface area contributed by atoms with Gasteiger partial charge in [-0.1, -0.05) is 36.4 Å². The average molecular weight is 367 g/mol. The fourth-order valence-electron chi connectivity index (χ4n) is 2.96. The van der Waals surface area contributed by atoms with E-state index in [1.807, 2.05) is 42.5 Å². The van der Waals surface area contributed by atoms with E-state index in [4.69, 9.17) is 4.74 Å². The van der Waals surface area contributed by atoms with Gasteiger partial charge in [-0.15, -0.1) is 0 Å². The molecular weight excluding hydrogens is 346 g/mol. The van der Waals surface area contributed by atoms with Gasteiger partial charge in [0, 0.05) is 11.9 Å². The minimum absolute atomic E-state index is 0.0332. The number of fused-ring (bicyclic) bond motifs is 1. The third-order valence-electron chi connectivity index (χ3n) is 4.40. The van der Waals surface area contributed by atoms with Gasteiger partial charge in [0.15, 0.2) is 0 Å². The minimum Gasteiger partial charge on any atom is -0.496 e. The molecule has 2 aromatic carbocycles. The first-order valence-electron chi connectivity index (χ1n) is 8.60. The lowest BCUT2D eigenvalue weighted by atomic mass is 9.98. The van der Waals surface area contributed by atoms with E-state index in [1.165, 1.54) is 0 Å². The summed E-state index contributed by atoms with van der Waals surface area (Å²) < 4.78 is 6.87. The van der Waals surface area contributed by atoms with Gasteiger partial charge in [0.2, 0.25) is 5.91 Å². The molecule has 27 heavy (non-hydrogen) atoms. The molecule has 1 heterocycles. The number of carboxylic acids is 1. The molecule has 1 unspecified atom stereocenters. The highest BCUT2D eigenvalue weighted by atomic mass is 16.5. The van der Waals surface area contributed by atoms with Gasteiger partial charge in [-0.2, -0.15) is 5.10 Å². The molecule has 0 aliphatic rings. The number of carboxylic acid groups (broad SMARTS) is 1. The van der Waals surface area contributed by atoms with Crippen LogP contribution in [-0.4, -0.2) is 40.4 Å². The molecule has 0 fully saturated rings. The monoisotopic (exact) mass is 367 g/mol. The zero-order valence-corrected chi connectivity index (χ0v) is 15.0. The number of hydrogen-bond acceptors (Lipinski definition) is 4. The van der Waals surface area contributed by atoms with E-state index in [0.717, 1.165) is 16.5 Å². The highest BCUT2D eigenvalue weighted by molar-refractivity contribution is 5.82. The number of rotatable bonds is 8. The van der Waals surface area contributed by atoms with Crippen LogP contribution in [0.5, 0.6) is 5.75 Å². The third kappa shape index (κ3) is 4.44. The highest BCUT2D eigenvalue weighted by Crippen LogP contribution is 2.21. The molecule has 7 nitrogen and oxygen atoms in total. The van der Waals surface area contributed by atoms with Crippen molar-refractivity contribution in [3.05, 3.63) is 60.3 Å². The van der Waals surface area contributed by atoms with E-state index in [-0.39, 0.29) is 25.4 Å². The van der Waals surface area contributed by atoms with Crippen LogP contribution in [0.15, 0.2) is 54.7 Å². The smallest absolute Gasteiger partial charge is 0.308 e. The number of carbonyl (C=O) groups is 2. The molecule has 1 amide bonds. The predicted octanol–water partition coefficient (Wildman–Crippen LogP) is 2.10. The predicted molar refractivity (Wildman–Crippen MR) is 101 cm³/mol. The minimum atomic E-state index is -0.967. The summed E-state index contributed by atoms with van der Waals surface area (Å²) >= 11 is 0. The highest BCUT2D eigenvalue weighted by Gasteiger charge is 2.21. The molecule has 7 heteroatoms. The van der Waals surface area contributed by atoms with E-state index in [0.29, 0.717) is 5.75 Å². The number of aromatic nitrogens is 2. The summed E-state index contributed by atoms with van der Waals surface area (Å²) in [5.74, 6) is -1.36. The Hall–Kier alpha value is -3.35. The first-order chi connectivity index (χ1) is 13.1. The number of hydrogen-bond donors (Lipinski definition) is 2. The van der Waals surface area contributed by atoms with Gasteiger partial charge in [-0.25, -0.2) is 0 Å². The molecule has 0 saturated heterocycles. The Morgan fingerprint density at radius 2 is 1.93 bits per heavy atom. The van der Waals surface area contributed by atoms with Gasteiger partial charge in [0.1, 0.15) is 12.3 Å². The van der Waals surface area contributed by atoms with Gasteiger partial charge in [0.25, 0.3) is 0 Å². The fraction of sp³-hybridized carbons (Fsp3) is 0.250. The van der Waals surface area contributed by atoms with Crippen molar-refractivity contribution in [2.75, 3.05) is 13.7 Å². The zero-order valence-electron chi connectivity index (χ0n) is 15.0. The second-order valence-corrected chi connectivity index (χ2v) is 6.22. The van der Waals surface area contributed by atoms with Crippen LogP contribution in [0.4, 0.5) is 0 Å². The van der Waals surface area contributed by atoms with Crippen molar-refractivity contribution >= 4 is 22.8 Å². The molecule has 3 aromatic rings. The van der Waals surface area contributed by atoms with Crippen LogP contribution in [-0.2, 0) is 22.6 Å². The lowest BCUT2D eigenvalue weighted by molar-refractivity contribution is -0.141. The first-order valence-corrected chi connectivity index (χ1v) is 8.60. The first kappa shape index (κ1) is 18.4. The molecule has 0 saturated carbocycles. The Kier molecular flexibility index (Phi) is 5.71. The lowest BCUT2D eigenvalue weighted by Crippen LogP contribution is -2.36. The Bertz CT molecular complexity index is 951. The van der Waals surface area contributed by atoms with Crippen molar-refractivity contribution in [1.82, 2.24) is 15.1 Å². The van der Waals surface area contributed by atoms with Crippen LogP contribution in [0.25, 0.3) is 10.9 Å². The summed E-state index contributed by atoms with van der Waals surface area (Å²) in [7, 11) is 1.55. The van der Waals surface area contributed by atoms with E-state index < -0.39 is 11.9 Å². The topological polar surface area (TPSA) is 93.5 Å². The molecule has 0 aliphatic carbocycles. The van der Waals surface area contributed by atoms with Crippen LogP contribution in [0.1, 0.15) is 5.56 Å². The maximum absolute atomic E-state index is 12.3. The summed E-state index contributed by atoms with van der Waals surface area (Å²) in [6.07, 6.45) is 1.97. The molecule has 2 N–H and O–H groups in total. The van der Waals surface area contributed by atoms with E-state index in [1.54, 1.807) is 24.1 Å². The molecule has 0 radical (unpaired) electrons. The van der Waals surface area contributed by atoms with Crippen LogP contribution in [0, 0.1) is 5.92 Å². The molecule has 0 aliphatic heterocycles. The van der Waals surface area contributed by atoms with Crippen LogP contribution in [0.2, 0.25) is 0 Å². The van der Waals surface area contributed by atoms with Gasteiger partial charge in [-0.05, 0) is 24.1 Å². The number of para-hydroxylation sites is 2. The number of methoxy groups -OCH3 is 1. The molecular formula is C20H21N3O4. The van der Waals surface area contributed by atoms with Gasteiger partial charge >= 0.3 is 5.97 Å². The van der Waals surface area contributed by atoms with E-state index in [2.05, 4.69) is 10.4 Å². The van der Waals surface area contributed by atoms with Gasteiger partial charge in [-0.3, -0.25) is 14.3 Å². The summed E-state index contributed by atoms with van der Waals surface area (Å²) in [6.45, 7) is 0.0694. The number of amides is 1. The molecule has 3 rings (SSSR count). The molecule has 1 atom stereocenters. The number of ether oxygens (including phenoxy) is 1. The Balaban J connectivity index is 1.62. The third-order valence-corrected chi connectivity index (χ3v) is 4.40. The maximum atomic E-state index is 12.3. The standard InChI is InChI=1S/C20H21N3O4/c1-27-18-9-5-3-6-14(18)10-16(20(25)26)11-21-19(24)13-23-17-8-4-2-7-15(17)12-22-23/h2-9,12,16H,10-11,13H2,1H3,(H,21,24)(H,25,26). The Labute approximate surface area is 156 Å². The second-order valence-electron chi connectivity index (χ2n) is 6.22. The van der Waals surface area contributed by atoms with Crippen molar-refractivity contribution in [2.24, 2.45) is 5.92 Å². The summed E-state index contributed by atoms with van der Waals surface area (Å²) in [6, 6.07) is 14.9. The van der Waals surface area contributed by atoms with Crippen LogP contribution in [0.3, 0.4) is 0 Å². The lowest BCUT2D eigenvalue weighted by Gasteiger charge is -2.15. The van der Waals surface area contributed by atoms with Crippen molar-refractivity contribution < 1.29 is 19.4 Å². The number of nitrogens with one attached hydrogen (secondary N) is 1. The quantitative estimate of drug-likeness (QED) is 0.636. The van der Waals surface area contributed by atoms with Crippen molar-refractivity contribution in [3.8, 4) is 5.75 Å². The SMILES string of the molecule is COc1ccccc1CC(CNC(=O)Cn1ncc2ccccc21)C(=O)O. The molecule has 1 aromatic heterocycles. The van der Waals surface area contributed by atoms with E-state index in [9.17, 15) is 14.7 Å². The zero-order chi connectivity index (χ0) is 19.2. The van der Waals surface area contributed by atoms with Crippen LogP contribution >= 0.6 is 0 Å². The second kappa shape index (κ2) is 8.35. The van der Waals surface area contributed by atoms with Gasteiger partial charge < -0.3 is 15.2 Å². The summed E-state index contributed by atoms with van der Waals surface area (Å²) in [5.41, 5.74) is 1.65. The number of nitrogens with zero attached hydrogens (tertiary/aromatic N) is 2. The largest absolute Gasteiger partial charge is 0.496 e. The van der Waals surface area contributed by atoms with E-state index >= 15 is 0 Å². The van der Waals surface area contributed by atoms with Crippen LogP contribution < -0.4 is 10.1 Å². The molecule has 0 spiro atoms. The summed E-state index contributed by atoms with van der Waals surface area (Å²) in [5, 5.41) is 17.4. The van der Waals surface area contributed by atoms with Crippen molar-refractivity contribution in [2.45, 2.75) is 13.0 Å². The molecule has 0 bridgehead atoms. The number of aliphatic carboxylic acids is 1. The Morgan fingerprint density at radius 1 is 1.19 bits per heavy atom. The maximum Gasteiger partial charge on any atom is 0.308 e. The van der Waals surface area contributed by atoms with Crippen molar-refractivity contribution in [3.63, 3.8) is 0 Å². The molecule has 140 valence electrons. The van der Waals surface area contributed by atoms with Gasteiger partial charge in [0.05, 0.1) is 24.7 Å². The van der Waals surface area contributed by atoms with Crippen molar-refractivity contribution in [1.29, 1.82) is 0 Å². The number of benzene rings is 2. The summed E-state index contributed by atoms with van der Waals surface area (Å²) in [4.78, 5) is 23.9. The Morgan fingerprint density at radius 3 is 2.70 bits per heavy atom. The number of carbonyl (C=O) groups excluding carboxylic acids is 1.